The Labute approximate surface area is 177 Å². The van der Waals surface area contributed by atoms with Crippen molar-refractivity contribution >= 4 is 22.8 Å². The van der Waals surface area contributed by atoms with Crippen LogP contribution in [0.5, 0.6) is 0 Å². The van der Waals surface area contributed by atoms with E-state index in [1.165, 1.54) is 11.0 Å². The second kappa shape index (κ2) is 9.30. The number of esters is 1. The van der Waals surface area contributed by atoms with E-state index in [4.69, 9.17) is 14.2 Å². The normalized spacial score (nSPS) is 19.0. The molecule has 0 radical (unpaired) electrons. The van der Waals surface area contributed by atoms with E-state index >= 15 is 0 Å². The zero-order valence-corrected chi connectivity index (χ0v) is 17.8. The molecule has 2 unspecified atom stereocenters. The van der Waals surface area contributed by atoms with Gasteiger partial charge in [0.05, 0.1) is 19.3 Å². The predicted octanol–water partition coefficient (Wildman–Crippen LogP) is 4.46. The standard InChI is InChI=1S/C24H29NO5/c1-5-13-28-22(26)21-14-19(15-25(21)23(27)30-24(2,3)4)29-16-18-11-8-10-17-9-6-7-12-20(17)18/h5-12,19,21H,1,13-16H2,2-4H3. The van der Waals surface area contributed by atoms with Gasteiger partial charge >= 0.3 is 12.1 Å². The summed E-state index contributed by atoms with van der Waals surface area (Å²) >= 11 is 0. The number of rotatable bonds is 6. The second-order valence-electron chi connectivity index (χ2n) is 8.37. The summed E-state index contributed by atoms with van der Waals surface area (Å²) in [5.74, 6) is -0.475. The number of amides is 1. The number of carbonyl (C=O) groups excluding carboxylic acids is 2. The lowest BCUT2D eigenvalue weighted by atomic mass is 10.1. The third-order valence-electron chi connectivity index (χ3n) is 4.86. The lowest BCUT2D eigenvalue weighted by molar-refractivity contribution is -0.147. The molecule has 0 bridgehead atoms. The summed E-state index contributed by atoms with van der Waals surface area (Å²) in [5, 5.41) is 2.27. The molecule has 1 amide bonds. The Kier molecular flexibility index (Phi) is 6.77. The summed E-state index contributed by atoms with van der Waals surface area (Å²) in [6.07, 6.45) is 1.02. The van der Waals surface area contributed by atoms with Gasteiger partial charge < -0.3 is 14.2 Å². The van der Waals surface area contributed by atoms with Crippen LogP contribution in [0.3, 0.4) is 0 Å². The Morgan fingerprint density at radius 3 is 2.63 bits per heavy atom. The van der Waals surface area contributed by atoms with Gasteiger partial charge in [-0.15, -0.1) is 0 Å². The van der Waals surface area contributed by atoms with Gasteiger partial charge in [0.15, 0.2) is 0 Å². The topological polar surface area (TPSA) is 65.1 Å². The van der Waals surface area contributed by atoms with E-state index in [1.54, 1.807) is 20.8 Å². The SMILES string of the molecule is C=CCOC(=O)C1CC(OCc2cccc3ccccc23)CN1C(=O)OC(C)(C)C. The van der Waals surface area contributed by atoms with Crippen LogP contribution in [0.25, 0.3) is 10.8 Å². The first kappa shape index (κ1) is 21.8. The third-order valence-corrected chi connectivity index (χ3v) is 4.86. The van der Waals surface area contributed by atoms with Crippen LogP contribution in [0.1, 0.15) is 32.8 Å². The monoisotopic (exact) mass is 411 g/mol. The minimum atomic E-state index is -0.739. The molecule has 1 saturated heterocycles. The van der Waals surface area contributed by atoms with E-state index in [0.29, 0.717) is 13.0 Å². The molecule has 1 aliphatic heterocycles. The number of benzene rings is 2. The van der Waals surface area contributed by atoms with Crippen molar-refractivity contribution in [1.29, 1.82) is 0 Å². The first-order valence-electron chi connectivity index (χ1n) is 10.1. The third kappa shape index (κ3) is 5.39. The first-order valence-corrected chi connectivity index (χ1v) is 10.1. The molecule has 30 heavy (non-hydrogen) atoms. The Morgan fingerprint density at radius 1 is 1.17 bits per heavy atom. The lowest BCUT2D eigenvalue weighted by Gasteiger charge is -2.27. The van der Waals surface area contributed by atoms with Crippen LogP contribution in [0.4, 0.5) is 4.79 Å². The number of hydrogen-bond acceptors (Lipinski definition) is 5. The lowest BCUT2D eigenvalue weighted by Crippen LogP contribution is -2.44. The van der Waals surface area contributed by atoms with Crippen molar-refractivity contribution in [3.8, 4) is 0 Å². The zero-order valence-electron chi connectivity index (χ0n) is 17.8. The van der Waals surface area contributed by atoms with Gasteiger partial charge in [-0.25, -0.2) is 9.59 Å². The van der Waals surface area contributed by atoms with Crippen molar-refractivity contribution in [3.63, 3.8) is 0 Å². The van der Waals surface area contributed by atoms with E-state index in [1.807, 2.05) is 24.3 Å². The summed E-state index contributed by atoms with van der Waals surface area (Å²) in [6.45, 7) is 9.69. The Balaban J connectivity index is 1.71. The van der Waals surface area contributed by atoms with Crippen LogP contribution < -0.4 is 0 Å². The number of hydrogen-bond donors (Lipinski definition) is 0. The molecule has 0 aromatic heterocycles. The summed E-state index contributed by atoms with van der Waals surface area (Å²) < 4.78 is 16.8. The molecule has 1 heterocycles. The molecule has 6 heteroatoms. The van der Waals surface area contributed by atoms with Crippen LogP contribution >= 0.6 is 0 Å². The fourth-order valence-electron chi connectivity index (χ4n) is 3.53. The number of carbonyl (C=O) groups is 2. The van der Waals surface area contributed by atoms with Crippen molar-refractivity contribution < 1.29 is 23.8 Å². The molecule has 0 saturated carbocycles. The van der Waals surface area contributed by atoms with Gasteiger partial charge in [0, 0.05) is 6.42 Å². The van der Waals surface area contributed by atoms with Gasteiger partial charge in [0.25, 0.3) is 0 Å². The highest BCUT2D eigenvalue weighted by Gasteiger charge is 2.42. The van der Waals surface area contributed by atoms with Gasteiger partial charge in [-0.05, 0) is 37.1 Å². The Morgan fingerprint density at radius 2 is 1.90 bits per heavy atom. The molecule has 1 fully saturated rings. The summed E-state index contributed by atoms with van der Waals surface area (Å²) in [5.41, 5.74) is 0.406. The van der Waals surface area contributed by atoms with E-state index in [2.05, 4.69) is 24.8 Å². The number of nitrogens with zero attached hydrogens (tertiary/aromatic N) is 1. The first-order chi connectivity index (χ1) is 14.3. The fourth-order valence-corrected chi connectivity index (χ4v) is 3.53. The van der Waals surface area contributed by atoms with Crippen molar-refractivity contribution in [2.24, 2.45) is 0 Å². The molecule has 0 spiro atoms. The molecule has 1 aliphatic rings. The van der Waals surface area contributed by atoms with E-state index in [0.717, 1.165) is 16.3 Å². The Hall–Kier alpha value is -2.86. The minimum Gasteiger partial charge on any atom is -0.460 e. The maximum absolute atomic E-state index is 12.7. The van der Waals surface area contributed by atoms with Crippen molar-refractivity contribution in [2.75, 3.05) is 13.2 Å². The summed E-state index contributed by atoms with van der Waals surface area (Å²) in [6, 6.07) is 13.5. The van der Waals surface area contributed by atoms with E-state index in [-0.39, 0.29) is 19.3 Å². The van der Waals surface area contributed by atoms with Gasteiger partial charge in [0.2, 0.25) is 0 Å². The molecule has 0 N–H and O–H groups in total. The Bertz CT molecular complexity index is 912. The van der Waals surface area contributed by atoms with E-state index in [9.17, 15) is 9.59 Å². The second-order valence-corrected chi connectivity index (χ2v) is 8.37. The van der Waals surface area contributed by atoms with E-state index < -0.39 is 23.7 Å². The number of fused-ring (bicyclic) bond motifs is 1. The van der Waals surface area contributed by atoms with Crippen LogP contribution in [-0.4, -0.2) is 47.9 Å². The highest BCUT2D eigenvalue weighted by Crippen LogP contribution is 2.26. The van der Waals surface area contributed by atoms with Gasteiger partial charge in [-0.1, -0.05) is 55.1 Å². The predicted molar refractivity (Wildman–Crippen MR) is 115 cm³/mol. The van der Waals surface area contributed by atoms with Crippen LogP contribution in [0.2, 0.25) is 0 Å². The van der Waals surface area contributed by atoms with Crippen molar-refractivity contribution in [2.45, 2.75) is 51.5 Å². The van der Waals surface area contributed by atoms with Gasteiger partial charge in [-0.2, -0.15) is 0 Å². The molecular formula is C24H29NO5. The molecule has 2 aromatic carbocycles. The minimum absolute atomic E-state index is 0.0963. The largest absolute Gasteiger partial charge is 0.460 e. The summed E-state index contributed by atoms with van der Waals surface area (Å²) in [4.78, 5) is 26.6. The average molecular weight is 411 g/mol. The molecule has 160 valence electrons. The fraction of sp³-hybridized carbons (Fsp3) is 0.417. The highest BCUT2D eigenvalue weighted by atomic mass is 16.6. The molecule has 2 aromatic rings. The quantitative estimate of drug-likeness (QED) is 0.519. The molecule has 2 atom stereocenters. The van der Waals surface area contributed by atoms with Gasteiger partial charge in [0.1, 0.15) is 18.2 Å². The molecular weight excluding hydrogens is 382 g/mol. The molecule has 6 nitrogen and oxygen atoms in total. The molecule has 3 rings (SSSR count). The average Bonchev–Trinajstić information content (AvgIpc) is 3.14. The van der Waals surface area contributed by atoms with Crippen molar-refractivity contribution in [3.05, 3.63) is 60.7 Å². The number of likely N-dealkylation sites (tertiary alicyclic amines) is 1. The molecule has 0 aliphatic carbocycles. The van der Waals surface area contributed by atoms with Crippen LogP contribution in [0.15, 0.2) is 55.1 Å². The number of ether oxygens (including phenoxy) is 3. The van der Waals surface area contributed by atoms with Gasteiger partial charge in [-0.3, -0.25) is 4.90 Å². The maximum atomic E-state index is 12.7. The smallest absolute Gasteiger partial charge is 0.411 e. The maximum Gasteiger partial charge on any atom is 0.411 e. The van der Waals surface area contributed by atoms with Crippen molar-refractivity contribution in [1.82, 2.24) is 4.90 Å². The zero-order chi connectivity index (χ0) is 21.7. The van der Waals surface area contributed by atoms with Crippen LogP contribution in [0, 0.1) is 0 Å². The summed E-state index contributed by atoms with van der Waals surface area (Å²) in [7, 11) is 0. The van der Waals surface area contributed by atoms with Crippen LogP contribution in [-0.2, 0) is 25.6 Å². The highest BCUT2D eigenvalue weighted by molar-refractivity contribution is 5.85.